The van der Waals surface area contributed by atoms with E-state index in [0.717, 1.165) is 31.0 Å². The number of benzene rings is 1. The molecule has 0 amide bonds. The Morgan fingerprint density at radius 2 is 1.88 bits per heavy atom. The molecule has 0 heterocycles. The zero-order valence-electron chi connectivity index (χ0n) is 9.64. The van der Waals surface area contributed by atoms with Crippen molar-refractivity contribution >= 4 is 12.6 Å². The van der Waals surface area contributed by atoms with Gasteiger partial charge < -0.3 is 10.5 Å². The molecule has 0 radical (unpaired) electrons. The third-order valence-electron chi connectivity index (χ3n) is 2.47. The van der Waals surface area contributed by atoms with Crippen molar-refractivity contribution in [2.24, 2.45) is 5.73 Å². The van der Waals surface area contributed by atoms with Crippen LogP contribution < -0.4 is 10.5 Å². The number of thiol groups is 1. The normalized spacial score (nSPS) is 12.4. The van der Waals surface area contributed by atoms with Gasteiger partial charge in [-0.15, -0.1) is 0 Å². The molecule has 0 fully saturated rings. The summed E-state index contributed by atoms with van der Waals surface area (Å²) in [5.41, 5.74) is 5.77. The van der Waals surface area contributed by atoms with Crippen molar-refractivity contribution < 1.29 is 4.74 Å². The average Bonchev–Trinajstić information content (AvgIpc) is 2.34. The van der Waals surface area contributed by atoms with Crippen molar-refractivity contribution in [2.45, 2.75) is 31.7 Å². The van der Waals surface area contributed by atoms with Gasteiger partial charge in [0.2, 0.25) is 0 Å². The number of hydrogen-bond donors (Lipinski definition) is 2. The van der Waals surface area contributed by atoms with Gasteiger partial charge in [-0.2, -0.15) is 12.6 Å². The minimum absolute atomic E-state index is 0.248. The van der Waals surface area contributed by atoms with Crippen molar-refractivity contribution in [2.75, 3.05) is 12.4 Å². The van der Waals surface area contributed by atoms with Gasteiger partial charge in [-0.25, -0.2) is 0 Å². The van der Waals surface area contributed by atoms with E-state index in [4.69, 9.17) is 10.5 Å². The van der Waals surface area contributed by atoms with Crippen molar-refractivity contribution in [3.63, 3.8) is 0 Å². The van der Waals surface area contributed by atoms with Crippen LogP contribution in [0.5, 0.6) is 5.75 Å². The van der Waals surface area contributed by atoms with E-state index in [0.29, 0.717) is 0 Å². The van der Waals surface area contributed by atoms with Crippen LogP contribution in [0.4, 0.5) is 0 Å². The van der Waals surface area contributed by atoms with Gasteiger partial charge >= 0.3 is 0 Å². The fraction of sp³-hybridized carbons (Fsp3) is 0.538. The predicted molar refractivity (Wildman–Crippen MR) is 72.2 cm³/mol. The first-order valence-electron chi connectivity index (χ1n) is 5.87. The van der Waals surface area contributed by atoms with E-state index in [1.807, 2.05) is 30.3 Å². The van der Waals surface area contributed by atoms with Gasteiger partial charge in [0.25, 0.3) is 0 Å². The topological polar surface area (TPSA) is 35.2 Å². The van der Waals surface area contributed by atoms with Gasteiger partial charge in [0.15, 0.2) is 0 Å². The van der Waals surface area contributed by atoms with Crippen LogP contribution in [0, 0.1) is 0 Å². The highest BCUT2D eigenvalue weighted by atomic mass is 32.1. The van der Waals surface area contributed by atoms with Crippen LogP contribution in [0.25, 0.3) is 0 Å². The number of rotatable bonds is 8. The lowest BCUT2D eigenvalue weighted by Gasteiger charge is -2.08. The zero-order chi connectivity index (χ0) is 11.6. The summed E-state index contributed by atoms with van der Waals surface area (Å²) in [6, 6.07) is 10.2. The summed E-state index contributed by atoms with van der Waals surface area (Å²) in [5.74, 6) is 1.73. The van der Waals surface area contributed by atoms with E-state index in [9.17, 15) is 0 Å². The molecule has 1 rings (SSSR count). The highest BCUT2D eigenvalue weighted by molar-refractivity contribution is 7.80. The average molecular weight is 239 g/mol. The molecule has 0 aromatic heterocycles. The maximum Gasteiger partial charge on any atom is 0.119 e. The Labute approximate surface area is 104 Å². The van der Waals surface area contributed by atoms with E-state index >= 15 is 0 Å². The molecule has 2 nitrogen and oxygen atoms in total. The van der Waals surface area contributed by atoms with Gasteiger partial charge in [-0.3, -0.25) is 0 Å². The van der Waals surface area contributed by atoms with E-state index in [1.165, 1.54) is 12.8 Å². The van der Waals surface area contributed by atoms with Crippen LogP contribution in [0.2, 0.25) is 0 Å². The zero-order valence-corrected chi connectivity index (χ0v) is 10.5. The quantitative estimate of drug-likeness (QED) is 0.540. The molecule has 2 N–H and O–H groups in total. The highest BCUT2D eigenvalue weighted by Crippen LogP contribution is 2.10. The molecular formula is C13H21NOS. The minimum Gasteiger partial charge on any atom is -0.494 e. The third-order valence-corrected chi connectivity index (χ3v) is 2.93. The van der Waals surface area contributed by atoms with E-state index in [1.54, 1.807) is 0 Å². The van der Waals surface area contributed by atoms with Crippen molar-refractivity contribution in [1.29, 1.82) is 0 Å². The molecule has 0 spiro atoms. The SMILES string of the molecule is N[C@@H](CS)CCCCCOc1ccccc1. The number of para-hydroxylation sites is 1. The Morgan fingerprint density at radius 3 is 2.56 bits per heavy atom. The molecule has 0 aliphatic rings. The van der Waals surface area contributed by atoms with E-state index in [-0.39, 0.29) is 6.04 Å². The standard InChI is InChI=1S/C13H21NOS/c14-12(11-16)7-3-2-6-10-15-13-8-4-1-5-9-13/h1,4-5,8-9,12,16H,2-3,6-7,10-11,14H2/t12-/m1/s1. The summed E-state index contributed by atoms with van der Waals surface area (Å²) in [5, 5.41) is 0. The predicted octanol–water partition coefficient (Wildman–Crippen LogP) is 2.88. The summed E-state index contributed by atoms with van der Waals surface area (Å²) < 4.78 is 5.59. The van der Waals surface area contributed by atoms with Crippen molar-refractivity contribution in [3.8, 4) is 5.75 Å². The smallest absolute Gasteiger partial charge is 0.119 e. The Morgan fingerprint density at radius 1 is 1.12 bits per heavy atom. The Bertz CT molecular complexity index is 266. The van der Waals surface area contributed by atoms with Gasteiger partial charge in [0, 0.05) is 11.8 Å². The molecule has 0 saturated carbocycles. The second kappa shape index (κ2) is 8.48. The maximum atomic E-state index is 5.77. The highest BCUT2D eigenvalue weighted by Gasteiger charge is 1.98. The Hall–Kier alpha value is -0.670. The fourth-order valence-electron chi connectivity index (χ4n) is 1.48. The second-order valence-corrected chi connectivity index (χ2v) is 4.32. The van der Waals surface area contributed by atoms with Crippen molar-refractivity contribution in [1.82, 2.24) is 0 Å². The second-order valence-electron chi connectivity index (χ2n) is 3.95. The summed E-state index contributed by atoms with van der Waals surface area (Å²) >= 11 is 4.16. The molecule has 0 unspecified atom stereocenters. The van der Waals surface area contributed by atoms with Crippen LogP contribution in [-0.4, -0.2) is 18.4 Å². The molecule has 1 atom stereocenters. The minimum atomic E-state index is 0.248. The first-order valence-corrected chi connectivity index (χ1v) is 6.50. The van der Waals surface area contributed by atoms with Gasteiger partial charge in [0.1, 0.15) is 5.75 Å². The lowest BCUT2D eigenvalue weighted by molar-refractivity contribution is 0.304. The third kappa shape index (κ3) is 6.03. The molecule has 90 valence electrons. The molecular weight excluding hydrogens is 218 g/mol. The first-order chi connectivity index (χ1) is 7.83. The fourth-order valence-corrected chi connectivity index (χ4v) is 1.67. The molecule has 1 aromatic carbocycles. The number of unbranched alkanes of at least 4 members (excludes halogenated alkanes) is 2. The summed E-state index contributed by atoms with van der Waals surface area (Å²) in [6.45, 7) is 0.792. The molecule has 0 aliphatic carbocycles. The largest absolute Gasteiger partial charge is 0.494 e. The van der Waals surface area contributed by atoms with Gasteiger partial charge in [-0.1, -0.05) is 31.0 Å². The van der Waals surface area contributed by atoms with Crippen molar-refractivity contribution in [3.05, 3.63) is 30.3 Å². The summed E-state index contributed by atoms with van der Waals surface area (Å²) in [6.07, 6.45) is 4.50. The van der Waals surface area contributed by atoms with E-state index in [2.05, 4.69) is 12.6 Å². The Kier molecular flexibility index (Phi) is 7.10. The first kappa shape index (κ1) is 13.4. The van der Waals surface area contributed by atoms with Crippen LogP contribution in [0.3, 0.4) is 0 Å². The monoisotopic (exact) mass is 239 g/mol. The Balaban J connectivity index is 1.96. The van der Waals surface area contributed by atoms with Crippen LogP contribution in [0.15, 0.2) is 30.3 Å². The molecule has 0 aliphatic heterocycles. The summed E-state index contributed by atoms with van der Waals surface area (Å²) in [4.78, 5) is 0. The van der Waals surface area contributed by atoms with Crippen LogP contribution >= 0.6 is 12.6 Å². The van der Waals surface area contributed by atoms with Crippen LogP contribution in [0.1, 0.15) is 25.7 Å². The number of hydrogen-bond acceptors (Lipinski definition) is 3. The molecule has 0 bridgehead atoms. The number of nitrogens with two attached hydrogens (primary N) is 1. The molecule has 16 heavy (non-hydrogen) atoms. The maximum absolute atomic E-state index is 5.77. The lowest BCUT2D eigenvalue weighted by Crippen LogP contribution is -2.21. The lowest BCUT2D eigenvalue weighted by atomic mass is 10.1. The van der Waals surface area contributed by atoms with Crippen LogP contribution in [-0.2, 0) is 0 Å². The van der Waals surface area contributed by atoms with E-state index < -0.39 is 0 Å². The van der Waals surface area contributed by atoms with Gasteiger partial charge in [0.05, 0.1) is 6.61 Å². The summed E-state index contributed by atoms with van der Waals surface area (Å²) in [7, 11) is 0. The molecule has 1 aromatic rings. The molecule has 0 saturated heterocycles. The molecule has 3 heteroatoms. The van der Waals surface area contributed by atoms with Gasteiger partial charge in [-0.05, 0) is 25.0 Å². The number of ether oxygens (including phenoxy) is 1.